The average molecular weight is 433 g/mol. The van der Waals surface area contributed by atoms with E-state index >= 15 is 0 Å². The normalized spacial score (nSPS) is 17.2. The van der Waals surface area contributed by atoms with Crippen LogP contribution >= 0.6 is 0 Å². The van der Waals surface area contributed by atoms with Crippen LogP contribution < -0.4 is 16.0 Å². The van der Waals surface area contributed by atoms with Crippen LogP contribution in [0.5, 0.6) is 0 Å². The molecule has 2 aromatic heterocycles. The zero-order valence-corrected chi connectivity index (χ0v) is 18.0. The first kappa shape index (κ1) is 20.5. The van der Waals surface area contributed by atoms with Gasteiger partial charge >= 0.3 is 0 Å². The molecular formula is C24H28N6O2. The molecule has 3 N–H and O–H groups in total. The van der Waals surface area contributed by atoms with Gasteiger partial charge in [0, 0.05) is 35.2 Å². The Labute approximate surface area is 186 Å². The van der Waals surface area contributed by atoms with Crippen LogP contribution in [0.2, 0.25) is 0 Å². The number of aromatic nitrogens is 3. The number of pyridine rings is 1. The first-order valence-electron chi connectivity index (χ1n) is 11.4. The molecule has 2 amide bonds. The third-order valence-electron chi connectivity index (χ3n) is 6.30. The van der Waals surface area contributed by atoms with E-state index in [9.17, 15) is 9.59 Å². The van der Waals surface area contributed by atoms with Gasteiger partial charge in [-0.15, -0.1) is 10.2 Å². The summed E-state index contributed by atoms with van der Waals surface area (Å²) in [4.78, 5) is 25.8. The number of hydrogen-bond acceptors (Lipinski definition) is 5. The van der Waals surface area contributed by atoms with Gasteiger partial charge in [0.15, 0.2) is 5.65 Å². The van der Waals surface area contributed by atoms with Gasteiger partial charge in [0.25, 0.3) is 5.91 Å². The molecule has 0 radical (unpaired) electrons. The summed E-state index contributed by atoms with van der Waals surface area (Å²) in [6.45, 7) is 0. The van der Waals surface area contributed by atoms with Crippen molar-refractivity contribution >= 4 is 28.8 Å². The molecule has 5 rings (SSSR count). The largest absolute Gasteiger partial charge is 0.355 e. The van der Waals surface area contributed by atoms with Crippen molar-refractivity contribution in [1.29, 1.82) is 0 Å². The molecule has 0 spiro atoms. The van der Waals surface area contributed by atoms with Crippen molar-refractivity contribution in [2.45, 2.75) is 57.0 Å². The Morgan fingerprint density at radius 3 is 2.69 bits per heavy atom. The van der Waals surface area contributed by atoms with Crippen LogP contribution in [0.3, 0.4) is 0 Å². The lowest BCUT2D eigenvalue weighted by Gasteiger charge is -2.21. The van der Waals surface area contributed by atoms with E-state index in [4.69, 9.17) is 0 Å². The van der Waals surface area contributed by atoms with Crippen LogP contribution in [0.25, 0.3) is 5.65 Å². The minimum absolute atomic E-state index is 0.0522. The number of rotatable bonds is 8. The maximum Gasteiger partial charge on any atom is 0.252 e. The molecule has 166 valence electrons. The number of amides is 2. The molecular weight excluding hydrogens is 404 g/mol. The molecule has 8 nitrogen and oxygen atoms in total. The van der Waals surface area contributed by atoms with Gasteiger partial charge in [-0.1, -0.05) is 31.7 Å². The highest BCUT2D eigenvalue weighted by Gasteiger charge is 2.31. The van der Waals surface area contributed by atoms with E-state index in [2.05, 4.69) is 26.1 Å². The van der Waals surface area contributed by atoms with Crippen molar-refractivity contribution in [2.24, 2.45) is 5.92 Å². The second-order valence-electron chi connectivity index (χ2n) is 8.91. The highest BCUT2D eigenvalue weighted by atomic mass is 16.2. The lowest BCUT2D eigenvalue weighted by Crippen LogP contribution is -2.48. The summed E-state index contributed by atoms with van der Waals surface area (Å²) < 4.78 is 1.83. The van der Waals surface area contributed by atoms with Gasteiger partial charge in [-0.3, -0.25) is 14.0 Å². The quantitative estimate of drug-likeness (QED) is 0.506. The number of nitrogens with one attached hydrogen (secondary N) is 3. The zero-order valence-electron chi connectivity index (χ0n) is 18.0. The van der Waals surface area contributed by atoms with E-state index < -0.39 is 6.04 Å². The third-order valence-corrected chi connectivity index (χ3v) is 6.30. The molecule has 1 aromatic carbocycles. The predicted molar refractivity (Wildman–Crippen MR) is 122 cm³/mol. The van der Waals surface area contributed by atoms with Gasteiger partial charge in [-0.05, 0) is 49.4 Å². The van der Waals surface area contributed by atoms with Crippen molar-refractivity contribution in [1.82, 2.24) is 25.2 Å². The number of carbonyl (C=O) groups is 2. The number of fused-ring (bicyclic) bond motifs is 1. The molecule has 0 aliphatic heterocycles. The smallest absolute Gasteiger partial charge is 0.252 e. The topological polar surface area (TPSA) is 100 Å². The maximum atomic E-state index is 13.0. The van der Waals surface area contributed by atoms with Crippen LogP contribution in [0, 0.1) is 5.92 Å². The molecule has 0 bridgehead atoms. The Morgan fingerprint density at radius 1 is 1.06 bits per heavy atom. The van der Waals surface area contributed by atoms with Crippen LogP contribution in [-0.4, -0.2) is 38.5 Å². The minimum Gasteiger partial charge on any atom is -0.355 e. The third kappa shape index (κ3) is 4.90. The fourth-order valence-electron chi connectivity index (χ4n) is 4.38. The highest BCUT2D eigenvalue weighted by molar-refractivity contribution is 5.98. The number of carbonyl (C=O) groups excluding carboxylic acids is 2. The van der Waals surface area contributed by atoms with E-state index in [1.165, 1.54) is 12.8 Å². The van der Waals surface area contributed by atoms with Gasteiger partial charge in [0.1, 0.15) is 12.4 Å². The van der Waals surface area contributed by atoms with E-state index in [-0.39, 0.29) is 17.9 Å². The summed E-state index contributed by atoms with van der Waals surface area (Å²) in [7, 11) is 0. The van der Waals surface area contributed by atoms with E-state index in [0.29, 0.717) is 17.9 Å². The van der Waals surface area contributed by atoms with Gasteiger partial charge in [0.05, 0.1) is 0 Å². The van der Waals surface area contributed by atoms with Crippen molar-refractivity contribution in [3.63, 3.8) is 0 Å². The fourth-order valence-corrected chi connectivity index (χ4v) is 4.38. The number of hydrogen-bond donors (Lipinski definition) is 3. The van der Waals surface area contributed by atoms with E-state index in [0.717, 1.165) is 42.7 Å². The first-order valence-corrected chi connectivity index (χ1v) is 11.4. The Morgan fingerprint density at radius 2 is 1.88 bits per heavy atom. The SMILES string of the molecule is O=C(N[C@@H](CC1CCCC1)C(=O)NC1CC1)c1cccc(Nc2ccn3cnnc3c2)c1. The minimum atomic E-state index is -0.488. The first-order chi connectivity index (χ1) is 15.6. The van der Waals surface area contributed by atoms with E-state index in [1.807, 2.05) is 34.9 Å². The number of nitrogens with zero attached hydrogens (tertiary/aromatic N) is 3. The van der Waals surface area contributed by atoms with Gasteiger partial charge in [0.2, 0.25) is 5.91 Å². The molecule has 2 fully saturated rings. The lowest BCUT2D eigenvalue weighted by molar-refractivity contribution is -0.123. The molecule has 2 aliphatic carbocycles. The number of anilines is 2. The summed E-state index contributed by atoms with van der Waals surface area (Å²) in [5, 5.41) is 17.3. The molecule has 1 atom stereocenters. The second kappa shape index (κ2) is 8.98. The van der Waals surface area contributed by atoms with Crippen molar-refractivity contribution < 1.29 is 9.59 Å². The van der Waals surface area contributed by atoms with Gasteiger partial charge in [-0.2, -0.15) is 0 Å². The molecule has 2 heterocycles. The molecule has 2 aliphatic rings. The predicted octanol–water partition coefficient (Wildman–Crippen LogP) is 3.43. The molecule has 2 saturated carbocycles. The monoisotopic (exact) mass is 432 g/mol. The molecule has 0 saturated heterocycles. The highest BCUT2D eigenvalue weighted by Crippen LogP contribution is 2.29. The maximum absolute atomic E-state index is 13.0. The van der Waals surface area contributed by atoms with E-state index in [1.54, 1.807) is 18.5 Å². The van der Waals surface area contributed by atoms with Crippen LogP contribution in [0.15, 0.2) is 48.9 Å². The second-order valence-corrected chi connectivity index (χ2v) is 8.91. The summed E-state index contributed by atoms with van der Waals surface area (Å²) in [5.41, 5.74) is 2.90. The van der Waals surface area contributed by atoms with Crippen LogP contribution in [-0.2, 0) is 4.79 Å². The Hall–Kier alpha value is -3.42. The Bertz CT molecular complexity index is 1120. The van der Waals surface area contributed by atoms with Crippen molar-refractivity contribution in [2.75, 3.05) is 5.32 Å². The summed E-state index contributed by atoms with van der Waals surface area (Å²) >= 11 is 0. The summed E-state index contributed by atoms with van der Waals surface area (Å²) in [5.74, 6) is 0.226. The standard InChI is InChI=1S/C24H28N6O2/c31-23(28-21(12-16-4-1-2-5-16)24(32)27-18-8-9-18)17-6-3-7-19(13-17)26-20-10-11-30-15-25-29-22(30)14-20/h3,6-7,10-11,13-16,18,21,26H,1-2,4-5,8-9,12H2,(H,27,32)(H,28,31)/t21-/m0/s1. The lowest BCUT2D eigenvalue weighted by atomic mass is 9.97. The average Bonchev–Trinajstić information content (AvgIpc) is 3.24. The van der Waals surface area contributed by atoms with Crippen molar-refractivity contribution in [3.05, 3.63) is 54.5 Å². The Kier molecular flexibility index (Phi) is 5.75. The van der Waals surface area contributed by atoms with Gasteiger partial charge in [-0.25, -0.2) is 0 Å². The summed E-state index contributed by atoms with van der Waals surface area (Å²) in [6.07, 6.45) is 11.0. The van der Waals surface area contributed by atoms with Crippen LogP contribution in [0.1, 0.15) is 55.3 Å². The number of benzene rings is 1. The Balaban J connectivity index is 1.27. The molecule has 0 unspecified atom stereocenters. The molecule has 3 aromatic rings. The van der Waals surface area contributed by atoms with Gasteiger partial charge < -0.3 is 16.0 Å². The van der Waals surface area contributed by atoms with Crippen molar-refractivity contribution in [3.8, 4) is 0 Å². The zero-order chi connectivity index (χ0) is 21.9. The molecule has 32 heavy (non-hydrogen) atoms. The van der Waals surface area contributed by atoms with Crippen LogP contribution in [0.4, 0.5) is 11.4 Å². The molecule has 8 heteroatoms. The summed E-state index contributed by atoms with van der Waals surface area (Å²) in [6, 6.07) is 10.9. The fraction of sp³-hybridized carbons (Fsp3) is 0.417.